The zero-order chi connectivity index (χ0) is 9.84. The first-order valence-electron chi connectivity index (χ1n) is 4.13. The van der Waals surface area contributed by atoms with Gasteiger partial charge in [0.15, 0.2) is 0 Å². The first-order chi connectivity index (χ1) is 6.09. The van der Waals surface area contributed by atoms with Crippen LogP contribution in [-0.4, -0.2) is 17.1 Å². The van der Waals surface area contributed by atoms with Gasteiger partial charge in [-0.2, -0.15) is 0 Å². The van der Waals surface area contributed by atoms with E-state index in [2.05, 4.69) is 0 Å². The van der Waals surface area contributed by atoms with Crippen LogP contribution < -0.4 is 5.73 Å². The Kier molecular flexibility index (Phi) is 5.20. The van der Waals surface area contributed by atoms with E-state index in [4.69, 9.17) is 10.8 Å². The molecule has 0 aliphatic heterocycles. The Morgan fingerprint density at radius 1 is 1.43 bits per heavy atom. The summed E-state index contributed by atoms with van der Waals surface area (Å²) in [6, 6.07) is 6.90. The van der Waals surface area contributed by atoms with Crippen molar-refractivity contribution in [1.82, 2.24) is 0 Å². The summed E-state index contributed by atoms with van der Waals surface area (Å²) >= 11 is 0. The summed E-state index contributed by atoms with van der Waals surface area (Å²) < 4.78 is 0. The van der Waals surface area contributed by atoms with E-state index in [1.165, 1.54) is 0 Å². The van der Waals surface area contributed by atoms with Gasteiger partial charge in [0.2, 0.25) is 0 Å². The number of benzene rings is 1. The van der Waals surface area contributed by atoms with Gasteiger partial charge in [-0.25, -0.2) is 0 Å². The highest BCUT2D eigenvalue weighted by molar-refractivity contribution is 5.85. The minimum absolute atomic E-state index is 0. The lowest BCUT2D eigenvalue weighted by molar-refractivity contribution is -0.138. The van der Waals surface area contributed by atoms with Gasteiger partial charge in [0.1, 0.15) is 6.04 Å². The Bertz CT molecular complexity index is 297. The molecule has 0 saturated heterocycles. The van der Waals surface area contributed by atoms with E-state index in [1.54, 1.807) is 0 Å². The van der Waals surface area contributed by atoms with Crippen molar-refractivity contribution in [1.29, 1.82) is 0 Å². The molecule has 0 aromatic heterocycles. The SMILES string of the molecule is Cc1ccc(CC(N)C(=O)O)cc1.Cl. The summed E-state index contributed by atoms with van der Waals surface area (Å²) in [6.45, 7) is 1.99. The van der Waals surface area contributed by atoms with Crippen LogP contribution in [0.2, 0.25) is 0 Å². The van der Waals surface area contributed by atoms with Crippen LogP contribution in [0.4, 0.5) is 0 Å². The van der Waals surface area contributed by atoms with Crippen molar-refractivity contribution >= 4 is 18.4 Å². The summed E-state index contributed by atoms with van der Waals surface area (Å²) in [5.41, 5.74) is 7.51. The van der Waals surface area contributed by atoms with Crippen LogP contribution in [0, 0.1) is 6.92 Å². The fourth-order valence-electron chi connectivity index (χ4n) is 1.07. The standard InChI is InChI=1S/C10H13NO2.ClH/c1-7-2-4-8(5-3-7)6-9(11)10(12)13;/h2-5,9H,6,11H2,1H3,(H,12,13);1H. The van der Waals surface area contributed by atoms with E-state index in [-0.39, 0.29) is 12.4 Å². The minimum Gasteiger partial charge on any atom is -0.480 e. The lowest BCUT2D eigenvalue weighted by Crippen LogP contribution is -2.32. The Labute approximate surface area is 89.3 Å². The van der Waals surface area contributed by atoms with Crippen molar-refractivity contribution in [3.05, 3.63) is 35.4 Å². The molecule has 14 heavy (non-hydrogen) atoms. The maximum Gasteiger partial charge on any atom is 0.320 e. The minimum atomic E-state index is -0.958. The molecule has 0 saturated carbocycles. The molecule has 0 bridgehead atoms. The number of carboxylic acids is 1. The monoisotopic (exact) mass is 215 g/mol. The van der Waals surface area contributed by atoms with Gasteiger partial charge in [-0.15, -0.1) is 12.4 Å². The fraction of sp³-hybridized carbons (Fsp3) is 0.300. The molecule has 0 amide bonds. The summed E-state index contributed by atoms with van der Waals surface area (Å²) in [5, 5.41) is 8.57. The molecule has 0 spiro atoms. The van der Waals surface area contributed by atoms with Crippen LogP contribution >= 0.6 is 12.4 Å². The number of nitrogens with two attached hydrogens (primary N) is 1. The molecule has 0 fully saturated rings. The number of aliphatic carboxylic acids is 1. The molecule has 0 heterocycles. The highest BCUT2D eigenvalue weighted by Gasteiger charge is 2.11. The van der Waals surface area contributed by atoms with Crippen LogP contribution in [-0.2, 0) is 11.2 Å². The second-order valence-corrected chi connectivity index (χ2v) is 3.13. The van der Waals surface area contributed by atoms with Crippen molar-refractivity contribution in [2.24, 2.45) is 5.73 Å². The number of halogens is 1. The molecule has 4 heteroatoms. The molecule has 1 aromatic carbocycles. The quantitative estimate of drug-likeness (QED) is 0.801. The number of hydrogen-bond donors (Lipinski definition) is 2. The van der Waals surface area contributed by atoms with Gasteiger partial charge in [-0.05, 0) is 18.9 Å². The van der Waals surface area contributed by atoms with Crippen molar-refractivity contribution in [2.75, 3.05) is 0 Å². The third-order valence-corrected chi connectivity index (χ3v) is 1.89. The molecule has 1 atom stereocenters. The molecule has 3 nitrogen and oxygen atoms in total. The van der Waals surface area contributed by atoms with Crippen molar-refractivity contribution in [2.45, 2.75) is 19.4 Å². The van der Waals surface area contributed by atoms with Crippen LogP contribution in [0.25, 0.3) is 0 Å². The van der Waals surface area contributed by atoms with Gasteiger partial charge >= 0.3 is 5.97 Å². The van der Waals surface area contributed by atoms with Crippen LogP contribution in [0.15, 0.2) is 24.3 Å². The Balaban J connectivity index is 0.00000169. The Morgan fingerprint density at radius 3 is 2.36 bits per heavy atom. The maximum absolute atomic E-state index is 10.4. The van der Waals surface area contributed by atoms with E-state index in [1.807, 2.05) is 31.2 Å². The highest BCUT2D eigenvalue weighted by atomic mass is 35.5. The smallest absolute Gasteiger partial charge is 0.320 e. The summed E-state index contributed by atoms with van der Waals surface area (Å²) in [6.07, 6.45) is 0.385. The third kappa shape index (κ3) is 3.77. The Hall–Kier alpha value is -1.06. The van der Waals surface area contributed by atoms with Gasteiger partial charge in [0, 0.05) is 0 Å². The number of aryl methyl sites for hydroxylation is 1. The molecule has 1 rings (SSSR count). The van der Waals surface area contributed by atoms with E-state index in [0.717, 1.165) is 11.1 Å². The number of carbonyl (C=O) groups is 1. The average molecular weight is 216 g/mol. The van der Waals surface area contributed by atoms with Gasteiger partial charge in [-0.3, -0.25) is 4.79 Å². The third-order valence-electron chi connectivity index (χ3n) is 1.89. The highest BCUT2D eigenvalue weighted by Crippen LogP contribution is 2.05. The van der Waals surface area contributed by atoms with Gasteiger partial charge in [0.25, 0.3) is 0 Å². The van der Waals surface area contributed by atoms with Crippen molar-refractivity contribution < 1.29 is 9.90 Å². The zero-order valence-corrected chi connectivity index (χ0v) is 8.75. The Morgan fingerprint density at radius 2 is 1.93 bits per heavy atom. The normalized spacial score (nSPS) is 11.6. The molecule has 1 aromatic rings. The summed E-state index contributed by atoms with van der Waals surface area (Å²) in [7, 11) is 0. The number of hydrogen-bond acceptors (Lipinski definition) is 2. The fourth-order valence-corrected chi connectivity index (χ4v) is 1.07. The second-order valence-electron chi connectivity index (χ2n) is 3.13. The largest absolute Gasteiger partial charge is 0.480 e. The van der Waals surface area contributed by atoms with Crippen LogP contribution in [0.1, 0.15) is 11.1 Å². The van der Waals surface area contributed by atoms with Gasteiger partial charge < -0.3 is 10.8 Å². The predicted molar refractivity (Wildman–Crippen MR) is 57.7 cm³/mol. The molecule has 0 radical (unpaired) electrons. The van der Waals surface area contributed by atoms with Crippen LogP contribution in [0.3, 0.4) is 0 Å². The van der Waals surface area contributed by atoms with Gasteiger partial charge in [-0.1, -0.05) is 29.8 Å². The second kappa shape index (κ2) is 5.62. The van der Waals surface area contributed by atoms with E-state index in [9.17, 15) is 4.79 Å². The average Bonchev–Trinajstić information content (AvgIpc) is 2.08. The predicted octanol–water partition coefficient (Wildman–Crippen LogP) is 1.37. The summed E-state index contributed by atoms with van der Waals surface area (Å²) in [5.74, 6) is -0.958. The molecule has 3 N–H and O–H groups in total. The van der Waals surface area contributed by atoms with Crippen LogP contribution in [0.5, 0.6) is 0 Å². The first-order valence-corrected chi connectivity index (χ1v) is 4.13. The number of rotatable bonds is 3. The molecule has 0 aliphatic carbocycles. The zero-order valence-electron chi connectivity index (χ0n) is 7.93. The molecular weight excluding hydrogens is 202 g/mol. The van der Waals surface area contributed by atoms with E-state index < -0.39 is 12.0 Å². The number of carboxylic acid groups (broad SMARTS) is 1. The first kappa shape index (κ1) is 12.9. The van der Waals surface area contributed by atoms with Crippen molar-refractivity contribution in [3.8, 4) is 0 Å². The molecule has 78 valence electrons. The van der Waals surface area contributed by atoms with Crippen molar-refractivity contribution in [3.63, 3.8) is 0 Å². The molecular formula is C10H14ClNO2. The van der Waals surface area contributed by atoms with E-state index in [0.29, 0.717) is 6.42 Å². The maximum atomic E-state index is 10.4. The van der Waals surface area contributed by atoms with Gasteiger partial charge in [0.05, 0.1) is 0 Å². The summed E-state index contributed by atoms with van der Waals surface area (Å²) in [4.78, 5) is 10.4. The lowest BCUT2D eigenvalue weighted by atomic mass is 10.1. The topological polar surface area (TPSA) is 63.3 Å². The molecule has 1 unspecified atom stereocenters. The molecule has 0 aliphatic rings. The lowest BCUT2D eigenvalue weighted by Gasteiger charge is -2.05. The van der Waals surface area contributed by atoms with E-state index >= 15 is 0 Å².